The Morgan fingerprint density at radius 2 is 1.52 bits per heavy atom. The third kappa shape index (κ3) is 4.17. The number of hydrogen-bond acceptors (Lipinski definition) is 1. The second kappa shape index (κ2) is 6.84. The van der Waals surface area contributed by atoms with Gasteiger partial charge in [-0.1, -0.05) is 63.2 Å². The first kappa shape index (κ1) is 17.4. The minimum Gasteiger partial charge on any atom is -0.256 e. The van der Waals surface area contributed by atoms with E-state index in [1.165, 1.54) is 33.4 Å². The molecular weight excluding hydrogens is 302 g/mol. The summed E-state index contributed by atoms with van der Waals surface area (Å²) in [5.41, 5.74) is 8.98. The average molecular weight is 329 g/mol. The minimum absolute atomic E-state index is 0.276. The van der Waals surface area contributed by atoms with Gasteiger partial charge in [0.1, 0.15) is 0 Å². The monoisotopic (exact) mass is 329 g/mol. The molecule has 0 aliphatic carbocycles. The lowest BCUT2D eigenvalue weighted by atomic mass is 9.87. The fourth-order valence-electron chi connectivity index (χ4n) is 3.21. The highest BCUT2D eigenvalue weighted by atomic mass is 14.7. The van der Waals surface area contributed by atoms with Crippen molar-refractivity contribution in [1.82, 2.24) is 4.98 Å². The Labute approximate surface area is 151 Å². The molecule has 0 spiro atoms. The van der Waals surface area contributed by atoms with Gasteiger partial charge in [-0.15, -0.1) is 0 Å². The van der Waals surface area contributed by atoms with Crippen LogP contribution in [0.4, 0.5) is 0 Å². The van der Waals surface area contributed by atoms with Gasteiger partial charge in [-0.05, 0) is 65.6 Å². The highest BCUT2D eigenvalue weighted by Gasteiger charge is 2.14. The average Bonchev–Trinajstić information content (AvgIpc) is 2.57. The van der Waals surface area contributed by atoms with Crippen LogP contribution in [0.3, 0.4) is 0 Å². The molecule has 1 heterocycles. The van der Waals surface area contributed by atoms with Crippen molar-refractivity contribution in [3.63, 3.8) is 0 Å². The van der Waals surface area contributed by atoms with Gasteiger partial charge in [0.25, 0.3) is 0 Å². The van der Waals surface area contributed by atoms with Crippen molar-refractivity contribution in [1.29, 1.82) is 0 Å². The number of aryl methyl sites for hydroxylation is 2. The summed E-state index contributed by atoms with van der Waals surface area (Å²) in [6, 6.07) is 19.4. The van der Waals surface area contributed by atoms with Crippen molar-refractivity contribution in [3.8, 4) is 22.4 Å². The molecule has 0 radical (unpaired) electrons. The Bertz CT molecular complexity index is 870. The summed E-state index contributed by atoms with van der Waals surface area (Å²) in [7, 11) is 0. The summed E-state index contributed by atoms with van der Waals surface area (Å²) < 4.78 is 0. The Morgan fingerprint density at radius 1 is 0.800 bits per heavy atom. The molecule has 0 bridgehead atoms. The molecule has 1 heteroatoms. The zero-order valence-corrected chi connectivity index (χ0v) is 15.9. The maximum atomic E-state index is 4.76. The van der Waals surface area contributed by atoms with Crippen LogP contribution < -0.4 is 0 Å². The lowest BCUT2D eigenvalue weighted by Gasteiger charge is -2.19. The van der Waals surface area contributed by atoms with Gasteiger partial charge >= 0.3 is 0 Å². The van der Waals surface area contributed by atoms with Crippen molar-refractivity contribution >= 4 is 0 Å². The first-order valence-electron chi connectivity index (χ1n) is 8.95. The molecule has 0 atom stereocenters. The smallest absolute Gasteiger partial charge is 0.0705 e. The van der Waals surface area contributed by atoms with Crippen LogP contribution in [0.1, 0.15) is 37.5 Å². The maximum Gasteiger partial charge on any atom is 0.0705 e. The van der Waals surface area contributed by atoms with E-state index in [1.54, 1.807) is 0 Å². The van der Waals surface area contributed by atoms with Crippen LogP contribution in [-0.4, -0.2) is 4.98 Å². The van der Waals surface area contributed by atoms with Crippen molar-refractivity contribution in [2.45, 2.75) is 41.0 Å². The van der Waals surface area contributed by atoms with Crippen LogP contribution in [-0.2, 0) is 6.42 Å². The molecule has 0 saturated carbocycles. The van der Waals surface area contributed by atoms with E-state index in [9.17, 15) is 0 Å². The molecule has 2 aromatic carbocycles. The highest BCUT2D eigenvalue weighted by molar-refractivity contribution is 5.74. The Morgan fingerprint density at radius 3 is 2.16 bits per heavy atom. The van der Waals surface area contributed by atoms with Gasteiger partial charge in [0, 0.05) is 11.8 Å². The van der Waals surface area contributed by atoms with E-state index in [4.69, 9.17) is 4.98 Å². The predicted octanol–water partition coefficient (Wildman–Crippen LogP) is 6.62. The van der Waals surface area contributed by atoms with Crippen LogP contribution in [0.15, 0.2) is 60.8 Å². The number of benzene rings is 2. The normalized spacial score (nSPS) is 11.6. The minimum atomic E-state index is 0.276. The lowest BCUT2D eigenvalue weighted by Crippen LogP contribution is -2.10. The van der Waals surface area contributed by atoms with Crippen molar-refractivity contribution in [2.75, 3.05) is 0 Å². The molecule has 0 amide bonds. The van der Waals surface area contributed by atoms with Crippen molar-refractivity contribution in [2.24, 2.45) is 5.41 Å². The van der Waals surface area contributed by atoms with Crippen LogP contribution in [0.2, 0.25) is 0 Å². The fraction of sp³-hybridized carbons (Fsp3) is 0.292. The van der Waals surface area contributed by atoms with Crippen LogP contribution in [0, 0.1) is 19.3 Å². The van der Waals surface area contributed by atoms with Crippen molar-refractivity contribution < 1.29 is 0 Å². The SMILES string of the molecule is Cc1cc(-c2ccc(C)c(-c3ccccc3)c2)ncc1CC(C)(C)C. The molecule has 0 saturated heterocycles. The highest BCUT2D eigenvalue weighted by Crippen LogP contribution is 2.30. The largest absolute Gasteiger partial charge is 0.256 e. The molecule has 0 fully saturated rings. The Kier molecular flexibility index (Phi) is 4.76. The van der Waals surface area contributed by atoms with E-state index in [-0.39, 0.29) is 5.41 Å². The van der Waals surface area contributed by atoms with Crippen LogP contribution in [0.25, 0.3) is 22.4 Å². The second-order valence-electron chi connectivity index (χ2n) is 8.13. The van der Waals surface area contributed by atoms with E-state index < -0.39 is 0 Å². The van der Waals surface area contributed by atoms with E-state index >= 15 is 0 Å². The molecule has 1 nitrogen and oxygen atoms in total. The molecule has 1 aromatic heterocycles. The Hall–Kier alpha value is -2.41. The van der Waals surface area contributed by atoms with Gasteiger partial charge in [0.2, 0.25) is 0 Å². The zero-order chi connectivity index (χ0) is 18.0. The summed E-state index contributed by atoms with van der Waals surface area (Å²) in [6.45, 7) is 11.2. The summed E-state index contributed by atoms with van der Waals surface area (Å²) in [5.74, 6) is 0. The quantitative estimate of drug-likeness (QED) is 0.526. The molecule has 3 rings (SSSR count). The first-order chi connectivity index (χ1) is 11.8. The van der Waals surface area contributed by atoms with Gasteiger partial charge in [0.05, 0.1) is 5.69 Å². The van der Waals surface area contributed by atoms with Crippen LogP contribution in [0.5, 0.6) is 0 Å². The summed E-state index contributed by atoms with van der Waals surface area (Å²) in [4.78, 5) is 4.76. The third-order valence-electron chi connectivity index (χ3n) is 4.56. The van der Waals surface area contributed by atoms with E-state index in [1.807, 2.05) is 0 Å². The van der Waals surface area contributed by atoms with E-state index in [0.29, 0.717) is 0 Å². The summed E-state index contributed by atoms with van der Waals surface area (Å²) >= 11 is 0. The molecule has 0 aliphatic rings. The van der Waals surface area contributed by atoms with E-state index in [2.05, 4.69) is 95.4 Å². The van der Waals surface area contributed by atoms with Gasteiger partial charge in [0.15, 0.2) is 0 Å². The third-order valence-corrected chi connectivity index (χ3v) is 4.56. The van der Waals surface area contributed by atoms with E-state index in [0.717, 1.165) is 12.1 Å². The van der Waals surface area contributed by atoms with Crippen molar-refractivity contribution in [3.05, 3.63) is 77.5 Å². The number of aromatic nitrogens is 1. The summed E-state index contributed by atoms with van der Waals surface area (Å²) in [6.07, 6.45) is 3.10. The number of pyridine rings is 1. The standard InChI is InChI=1S/C24H27N/c1-17-11-12-20(14-22(17)19-9-7-6-8-10-19)23-13-18(2)21(16-25-23)15-24(3,4)5/h6-14,16H,15H2,1-5H3. The fourth-order valence-corrected chi connectivity index (χ4v) is 3.21. The molecule has 3 aromatic rings. The first-order valence-corrected chi connectivity index (χ1v) is 8.95. The molecule has 0 N–H and O–H groups in total. The zero-order valence-electron chi connectivity index (χ0n) is 15.9. The molecular formula is C24H27N. The van der Waals surface area contributed by atoms with Crippen LogP contribution >= 0.6 is 0 Å². The molecule has 128 valence electrons. The van der Waals surface area contributed by atoms with Gasteiger partial charge < -0.3 is 0 Å². The number of hydrogen-bond donors (Lipinski definition) is 0. The van der Waals surface area contributed by atoms with Gasteiger partial charge in [-0.2, -0.15) is 0 Å². The molecule has 0 unspecified atom stereocenters. The predicted molar refractivity (Wildman–Crippen MR) is 108 cm³/mol. The Balaban J connectivity index is 1.99. The molecule has 0 aliphatic heterocycles. The van der Waals surface area contributed by atoms with Gasteiger partial charge in [-0.3, -0.25) is 4.98 Å². The second-order valence-corrected chi connectivity index (χ2v) is 8.13. The number of rotatable bonds is 3. The maximum absolute atomic E-state index is 4.76. The topological polar surface area (TPSA) is 12.9 Å². The summed E-state index contributed by atoms with van der Waals surface area (Å²) in [5, 5.41) is 0. The van der Waals surface area contributed by atoms with Gasteiger partial charge in [-0.25, -0.2) is 0 Å². The molecule has 25 heavy (non-hydrogen) atoms. The lowest BCUT2D eigenvalue weighted by molar-refractivity contribution is 0.410. The number of nitrogens with zero attached hydrogens (tertiary/aromatic N) is 1.